The van der Waals surface area contributed by atoms with Crippen LogP contribution in [-0.4, -0.2) is 21.5 Å². The molecular formula is C18H21N3O2. The van der Waals surface area contributed by atoms with Crippen molar-refractivity contribution in [2.24, 2.45) is 5.92 Å². The molecule has 2 heterocycles. The summed E-state index contributed by atoms with van der Waals surface area (Å²) in [4.78, 5) is 16.6. The third-order valence-electron chi connectivity index (χ3n) is 3.99. The van der Waals surface area contributed by atoms with Crippen LogP contribution in [0.4, 0.5) is 0 Å². The first-order valence-corrected chi connectivity index (χ1v) is 7.80. The van der Waals surface area contributed by atoms with Crippen LogP contribution >= 0.6 is 0 Å². The highest BCUT2D eigenvalue weighted by Gasteiger charge is 2.18. The molecule has 0 spiro atoms. The van der Waals surface area contributed by atoms with Gasteiger partial charge in [-0.3, -0.25) is 4.79 Å². The number of nitrogens with zero attached hydrogens (tertiary/aromatic N) is 2. The maximum absolute atomic E-state index is 12.6. The molecule has 5 nitrogen and oxygen atoms in total. The zero-order valence-electron chi connectivity index (χ0n) is 13.6. The van der Waals surface area contributed by atoms with E-state index in [2.05, 4.69) is 24.1 Å². The molecule has 0 bridgehead atoms. The van der Waals surface area contributed by atoms with Gasteiger partial charge >= 0.3 is 0 Å². The molecule has 0 saturated carbocycles. The zero-order valence-corrected chi connectivity index (χ0v) is 13.6. The Morgan fingerprint density at radius 1 is 1.35 bits per heavy atom. The molecule has 0 aliphatic carbocycles. The third kappa shape index (κ3) is 3.44. The molecule has 0 aliphatic heterocycles. The number of benzene rings is 1. The molecule has 5 heteroatoms. The minimum Gasteiger partial charge on any atom is -0.461 e. The summed E-state index contributed by atoms with van der Waals surface area (Å²) in [5.74, 6) is 1.10. The van der Waals surface area contributed by atoms with Gasteiger partial charge in [-0.05, 0) is 37.1 Å². The van der Waals surface area contributed by atoms with Crippen LogP contribution in [0.1, 0.15) is 30.0 Å². The Hall–Kier alpha value is -2.56. The average molecular weight is 311 g/mol. The Bertz CT molecular complexity index is 803. The molecule has 3 rings (SSSR count). The van der Waals surface area contributed by atoms with Crippen LogP contribution in [0, 0.1) is 12.8 Å². The summed E-state index contributed by atoms with van der Waals surface area (Å²) in [5, 5.41) is 4.07. The molecule has 0 radical (unpaired) electrons. The number of fused-ring (bicyclic) bond motifs is 1. The van der Waals surface area contributed by atoms with Gasteiger partial charge in [0.05, 0.1) is 6.33 Å². The number of aromatic nitrogens is 2. The maximum Gasteiger partial charge on any atom is 0.251 e. The van der Waals surface area contributed by atoms with E-state index in [0.717, 1.165) is 16.7 Å². The van der Waals surface area contributed by atoms with Crippen LogP contribution in [0.2, 0.25) is 0 Å². The van der Waals surface area contributed by atoms with Gasteiger partial charge in [-0.1, -0.05) is 13.8 Å². The first-order valence-electron chi connectivity index (χ1n) is 7.80. The number of nitrogens with one attached hydrogen (secondary N) is 1. The van der Waals surface area contributed by atoms with Crippen molar-refractivity contribution in [2.45, 2.75) is 33.4 Å². The van der Waals surface area contributed by atoms with Crippen molar-refractivity contribution in [2.75, 3.05) is 0 Å². The number of hydrogen-bond acceptors (Lipinski definition) is 3. The van der Waals surface area contributed by atoms with E-state index in [9.17, 15) is 4.79 Å². The fourth-order valence-electron chi connectivity index (χ4n) is 2.61. The minimum absolute atomic E-state index is 0.0403. The van der Waals surface area contributed by atoms with Gasteiger partial charge in [-0.2, -0.15) is 0 Å². The Labute approximate surface area is 135 Å². The number of amides is 1. The largest absolute Gasteiger partial charge is 0.461 e. The standard InChI is InChI=1S/C18H21N3O2/c1-12(2)16(10-21-7-6-19-11-21)20-18(22)14-4-5-17-15(9-14)8-13(3)23-17/h4-9,11-12,16H,10H2,1-3H3,(H,20,22). The van der Waals surface area contributed by atoms with Gasteiger partial charge in [0.25, 0.3) is 5.91 Å². The summed E-state index contributed by atoms with van der Waals surface area (Å²) in [6, 6.07) is 7.50. The highest BCUT2D eigenvalue weighted by Crippen LogP contribution is 2.20. The predicted octanol–water partition coefficient (Wildman–Crippen LogP) is 3.39. The molecule has 1 aromatic carbocycles. The maximum atomic E-state index is 12.6. The van der Waals surface area contributed by atoms with Gasteiger partial charge in [0, 0.05) is 35.9 Å². The average Bonchev–Trinajstić information content (AvgIpc) is 3.13. The third-order valence-corrected chi connectivity index (χ3v) is 3.99. The minimum atomic E-state index is -0.0652. The molecule has 2 aromatic heterocycles. The number of hydrogen-bond donors (Lipinski definition) is 1. The highest BCUT2D eigenvalue weighted by atomic mass is 16.3. The summed E-state index contributed by atoms with van der Waals surface area (Å²) < 4.78 is 7.53. The number of rotatable bonds is 5. The second kappa shape index (κ2) is 6.28. The van der Waals surface area contributed by atoms with Crippen LogP contribution in [0.5, 0.6) is 0 Å². The van der Waals surface area contributed by atoms with Crippen molar-refractivity contribution in [3.05, 3.63) is 54.3 Å². The molecule has 1 N–H and O–H groups in total. The van der Waals surface area contributed by atoms with Crippen molar-refractivity contribution in [3.8, 4) is 0 Å². The molecular weight excluding hydrogens is 290 g/mol. The van der Waals surface area contributed by atoms with Gasteiger partial charge < -0.3 is 14.3 Å². The first kappa shape index (κ1) is 15.3. The van der Waals surface area contributed by atoms with E-state index in [4.69, 9.17) is 4.42 Å². The fourth-order valence-corrected chi connectivity index (χ4v) is 2.61. The van der Waals surface area contributed by atoms with Gasteiger partial charge in [-0.15, -0.1) is 0 Å². The Balaban J connectivity index is 1.76. The molecule has 1 amide bonds. The van der Waals surface area contributed by atoms with Crippen LogP contribution in [0.3, 0.4) is 0 Å². The Kier molecular flexibility index (Phi) is 4.19. The lowest BCUT2D eigenvalue weighted by Crippen LogP contribution is -2.41. The van der Waals surface area contributed by atoms with Crippen molar-refractivity contribution in [3.63, 3.8) is 0 Å². The number of carbonyl (C=O) groups excluding carboxylic acids is 1. The van der Waals surface area contributed by atoms with Crippen molar-refractivity contribution < 1.29 is 9.21 Å². The fraction of sp³-hybridized carbons (Fsp3) is 0.333. The van der Waals surface area contributed by atoms with Crippen molar-refractivity contribution >= 4 is 16.9 Å². The summed E-state index contributed by atoms with van der Waals surface area (Å²) in [7, 11) is 0. The number of aryl methyl sites for hydroxylation is 1. The lowest BCUT2D eigenvalue weighted by Gasteiger charge is -2.23. The van der Waals surface area contributed by atoms with E-state index in [0.29, 0.717) is 18.0 Å². The predicted molar refractivity (Wildman–Crippen MR) is 89.3 cm³/mol. The van der Waals surface area contributed by atoms with Crippen LogP contribution in [0.25, 0.3) is 11.0 Å². The van der Waals surface area contributed by atoms with Crippen molar-refractivity contribution in [1.29, 1.82) is 0 Å². The van der Waals surface area contributed by atoms with Gasteiger partial charge in [0.2, 0.25) is 0 Å². The number of imidazole rings is 1. The van der Waals surface area contributed by atoms with Crippen LogP contribution in [-0.2, 0) is 6.54 Å². The first-order chi connectivity index (χ1) is 11.0. The van der Waals surface area contributed by atoms with Crippen LogP contribution < -0.4 is 5.32 Å². The van der Waals surface area contributed by atoms with Gasteiger partial charge in [-0.25, -0.2) is 4.98 Å². The molecule has 1 atom stereocenters. The van der Waals surface area contributed by atoms with E-state index >= 15 is 0 Å². The lowest BCUT2D eigenvalue weighted by molar-refractivity contribution is 0.0920. The van der Waals surface area contributed by atoms with E-state index in [-0.39, 0.29) is 11.9 Å². The van der Waals surface area contributed by atoms with Gasteiger partial charge in [0.1, 0.15) is 11.3 Å². The smallest absolute Gasteiger partial charge is 0.251 e. The Morgan fingerprint density at radius 2 is 2.17 bits per heavy atom. The van der Waals surface area contributed by atoms with E-state index in [1.807, 2.05) is 35.9 Å². The van der Waals surface area contributed by atoms with Gasteiger partial charge in [0.15, 0.2) is 0 Å². The van der Waals surface area contributed by atoms with E-state index in [1.54, 1.807) is 18.6 Å². The van der Waals surface area contributed by atoms with E-state index in [1.165, 1.54) is 0 Å². The molecule has 3 aromatic rings. The lowest BCUT2D eigenvalue weighted by atomic mass is 10.0. The second-order valence-electron chi connectivity index (χ2n) is 6.19. The molecule has 120 valence electrons. The summed E-state index contributed by atoms with van der Waals surface area (Å²) >= 11 is 0. The normalized spacial score (nSPS) is 12.7. The summed E-state index contributed by atoms with van der Waals surface area (Å²) in [6.07, 6.45) is 5.41. The number of furan rings is 1. The SMILES string of the molecule is Cc1cc2cc(C(=O)NC(Cn3ccnc3)C(C)C)ccc2o1. The molecule has 0 saturated heterocycles. The quantitative estimate of drug-likeness (QED) is 0.785. The summed E-state index contributed by atoms with van der Waals surface area (Å²) in [6.45, 7) is 6.81. The second-order valence-corrected chi connectivity index (χ2v) is 6.19. The molecule has 23 heavy (non-hydrogen) atoms. The van der Waals surface area contributed by atoms with Crippen LogP contribution in [0.15, 0.2) is 47.4 Å². The zero-order chi connectivity index (χ0) is 16.4. The highest BCUT2D eigenvalue weighted by molar-refractivity contribution is 5.98. The topological polar surface area (TPSA) is 60.1 Å². The summed E-state index contributed by atoms with van der Waals surface area (Å²) in [5.41, 5.74) is 1.45. The monoisotopic (exact) mass is 311 g/mol. The molecule has 1 unspecified atom stereocenters. The molecule has 0 fully saturated rings. The van der Waals surface area contributed by atoms with E-state index < -0.39 is 0 Å². The molecule has 0 aliphatic rings. The number of carbonyl (C=O) groups is 1. The van der Waals surface area contributed by atoms with Crippen molar-refractivity contribution in [1.82, 2.24) is 14.9 Å². The Morgan fingerprint density at radius 3 is 2.87 bits per heavy atom.